The zero-order valence-electron chi connectivity index (χ0n) is 16.4. The number of piperazine rings is 1. The van der Waals surface area contributed by atoms with Gasteiger partial charge in [0.2, 0.25) is 17.7 Å². The van der Waals surface area contributed by atoms with Crippen LogP contribution in [0.2, 0.25) is 0 Å². The number of nitrogens with zero attached hydrogens (tertiary/aromatic N) is 3. The molecule has 0 spiro atoms. The molecule has 2 fully saturated rings. The van der Waals surface area contributed by atoms with Crippen LogP contribution in [-0.2, 0) is 20.8 Å². The highest BCUT2D eigenvalue weighted by molar-refractivity contribution is 6.00. The molecule has 6 heteroatoms. The van der Waals surface area contributed by atoms with Crippen LogP contribution in [0.3, 0.4) is 0 Å². The van der Waals surface area contributed by atoms with Gasteiger partial charge in [-0.3, -0.25) is 14.4 Å². The molecule has 0 aliphatic carbocycles. The minimum Gasteiger partial charge on any atom is -0.339 e. The van der Waals surface area contributed by atoms with Gasteiger partial charge in [-0.2, -0.15) is 0 Å². The maximum absolute atomic E-state index is 12.9. The number of para-hydroxylation sites is 1. The fourth-order valence-electron chi connectivity index (χ4n) is 4.05. The predicted molar refractivity (Wildman–Crippen MR) is 110 cm³/mol. The SMILES string of the molecule is O=C(Cc1ccccc1)N1CCN(C(=O)[C@H]2CC(=O)N(c3ccccc3)C2)CC1. The molecule has 0 radical (unpaired) electrons. The first-order valence-corrected chi connectivity index (χ1v) is 10.1. The molecule has 4 rings (SSSR count). The Morgan fingerprint density at radius 1 is 0.828 bits per heavy atom. The largest absolute Gasteiger partial charge is 0.339 e. The fraction of sp³-hybridized carbons (Fsp3) is 0.348. The maximum atomic E-state index is 12.9. The van der Waals surface area contributed by atoms with Crippen molar-refractivity contribution in [3.63, 3.8) is 0 Å². The van der Waals surface area contributed by atoms with Crippen LogP contribution < -0.4 is 4.90 Å². The van der Waals surface area contributed by atoms with E-state index in [2.05, 4.69) is 0 Å². The Hall–Kier alpha value is -3.15. The molecule has 0 N–H and O–H groups in total. The molecular weight excluding hydrogens is 366 g/mol. The molecule has 2 aromatic carbocycles. The van der Waals surface area contributed by atoms with Crippen LogP contribution in [0.1, 0.15) is 12.0 Å². The second kappa shape index (κ2) is 8.47. The molecule has 0 aromatic heterocycles. The zero-order chi connectivity index (χ0) is 20.2. The van der Waals surface area contributed by atoms with E-state index in [4.69, 9.17) is 0 Å². The molecule has 2 aliphatic heterocycles. The molecule has 2 saturated heterocycles. The molecule has 2 aliphatic rings. The lowest BCUT2D eigenvalue weighted by atomic mass is 10.1. The Bertz CT molecular complexity index is 877. The van der Waals surface area contributed by atoms with Crippen LogP contribution in [0.5, 0.6) is 0 Å². The highest BCUT2D eigenvalue weighted by atomic mass is 16.2. The standard InChI is InChI=1S/C23H25N3O3/c27-21(15-18-7-3-1-4-8-18)24-11-13-25(14-12-24)23(29)19-16-22(28)26(17-19)20-9-5-2-6-10-20/h1-10,19H,11-17H2/t19-/m0/s1. The first kappa shape index (κ1) is 19.2. The highest BCUT2D eigenvalue weighted by Gasteiger charge is 2.38. The number of amides is 3. The number of hydrogen-bond acceptors (Lipinski definition) is 3. The van der Waals surface area contributed by atoms with E-state index >= 15 is 0 Å². The van der Waals surface area contributed by atoms with Crippen LogP contribution in [0.25, 0.3) is 0 Å². The van der Waals surface area contributed by atoms with Crippen molar-refractivity contribution < 1.29 is 14.4 Å². The summed E-state index contributed by atoms with van der Waals surface area (Å²) >= 11 is 0. The van der Waals surface area contributed by atoms with E-state index in [-0.39, 0.29) is 30.1 Å². The van der Waals surface area contributed by atoms with Gasteiger partial charge in [0.25, 0.3) is 0 Å². The smallest absolute Gasteiger partial charge is 0.228 e. The quantitative estimate of drug-likeness (QED) is 0.801. The van der Waals surface area contributed by atoms with Gasteiger partial charge in [0, 0.05) is 44.8 Å². The van der Waals surface area contributed by atoms with Gasteiger partial charge in [-0.1, -0.05) is 48.5 Å². The first-order chi connectivity index (χ1) is 14.1. The molecule has 0 unspecified atom stereocenters. The maximum Gasteiger partial charge on any atom is 0.228 e. The van der Waals surface area contributed by atoms with Crippen molar-refractivity contribution in [2.24, 2.45) is 5.92 Å². The fourth-order valence-corrected chi connectivity index (χ4v) is 4.05. The number of hydrogen-bond donors (Lipinski definition) is 0. The molecule has 0 bridgehead atoms. The summed E-state index contributed by atoms with van der Waals surface area (Å²) in [4.78, 5) is 43.2. The monoisotopic (exact) mass is 391 g/mol. The zero-order valence-corrected chi connectivity index (χ0v) is 16.4. The summed E-state index contributed by atoms with van der Waals surface area (Å²) in [5, 5.41) is 0. The second-order valence-corrected chi connectivity index (χ2v) is 7.61. The van der Waals surface area contributed by atoms with Gasteiger partial charge >= 0.3 is 0 Å². The molecule has 29 heavy (non-hydrogen) atoms. The van der Waals surface area contributed by atoms with Gasteiger partial charge < -0.3 is 14.7 Å². The predicted octanol–water partition coefficient (Wildman–Crippen LogP) is 1.95. The van der Waals surface area contributed by atoms with Crippen molar-refractivity contribution >= 4 is 23.4 Å². The molecule has 2 heterocycles. The van der Waals surface area contributed by atoms with Crippen molar-refractivity contribution in [3.05, 3.63) is 66.2 Å². The average molecular weight is 391 g/mol. The lowest BCUT2D eigenvalue weighted by Gasteiger charge is -2.36. The van der Waals surface area contributed by atoms with Gasteiger partial charge in [0.05, 0.1) is 12.3 Å². The van der Waals surface area contributed by atoms with E-state index < -0.39 is 0 Å². The third kappa shape index (κ3) is 4.31. The minimum absolute atomic E-state index is 0.00813. The molecular formula is C23H25N3O3. The minimum atomic E-state index is -0.311. The Labute approximate surface area is 170 Å². The van der Waals surface area contributed by atoms with E-state index in [0.29, 0.717) is 39.1 Å². The van der Waals surface area contributed by atoms with Gasteiger partial charge in [0.15, 0.2) is 0 Å². The van der Waals surface area contributed by atoms with Gasteiger partial charge in [-0.15, -0.1) is 0 Å². The normalized spacial score (nSPS) is 19.5. The van der Waals surface area contributed by atoms with Crippen LogP contribution in [0.15, 0.2) is 60.7 Å². The topological polar surface area (TPSA) is 60.9 Å². The molecule has 0 saturated carbocycles. The van der Waals surface area contributed by atoms with Crippen LogP contribution in [0, 0.1) is 5.92 Å². The molecule has 2 aromatic rings. The summed E-state index contributed by atoms with van der Waals surface area (Å²) in [5.74, 6) is -0.206. The third-order valence-corrected chi connectivity index (χ3v) is 5.68. The van der Waals surface area contributed by atoms with Crippen molar-refractivity contribution in [3.8, 4) is 0 Å². The molecule has 1 atom stereocenters. The summed E-state index contributed by atoms with van der Waals surface area (Å²) in [7, 11) is 0. The van der Waals surface area contributed by atoms with Crippen molar-refractivity contribution in [2.45, 2.75) is 12.8 Å². The average Bonchev–Trinajstić information content (AvgIpc) is 3.16. The van der Waals surface area contributed by atoms with Gasteiger partial charge in [-0.25, -0.2) is 0 Å². The number of carbonyl (C=O) groups excluding carboxylic acids is 3. The van der Waals surface area contributed by atoms with Crippen molar-refractivity contribution in [1.29, 1.82) is 0 Å². The Balaban J connectivity index is 1.30. The lowest BCUT2D eigenvalue weighted by molar-refractivity contribution is -0.141. The lowest BCUT2D eigenvalue weighted by Crippen LogP contribution is -2.52. The van der Waals surface area contributed by atoms with E-state index in [1.54, 1.807) is 9.80 Å². The molecule has 6 nitrogen and oxygen atoms in total. The summed E-state index contributed by atoms with van der Waals surface area (Å²) in [6, 6.07) is 19.2. The summed E-state index contributed by atoms with van der Waals surface area (Å²) < 4.78 is 0. The van der Waals surface area contributed by atoms with Crippen LogP contribution in [0.4, 0.5) is 5.69 Å². The van der Waals surface area contributed by atoms with Crippen LogP contribution in [-0.4, -0.2) is 60.2 Å². The third-order valence-electron chi connectivity index (χ3n) is 5.68. The summed E-state index contributed by atoms with van der Waals surface area (Å²) in [6.45, 7) is 2.56. The second-order valence-electron chi connectivity index (χ2n) is 7.61. The van der Waals surface area contributed by atoms with Crippen LogP contribution >= 0.6 is 0 Å². The van der Waals surface area contributed by atoms with E-state index in [1.807, 2.05) is 65.6 Å². The van der Waals surface area contributed by atoms with Crippen molar-refractivity contribution in [1.82, 2.24) is 9.80 Å². The number of rotatable bonds is 4. The number of benzene rings is 2. The number of anilines is 1. The van der Waals surface area contributed by atoms with Gasteiger partial charge in [-0.05, 0) is 17.7 Å². The molecule has 3 amide bonds. The Morgan fingerprint density at radius 2 is 1.41 bits per heavy atom. The highest BCUT2D eigenvalue weighted by Crippen LogP contribution is 2.26. The Morgan fingerprint density at radius 3 is 2.07 bits per heavy atom. The van der Waals surface area contributed by atoms with E-state index in [9.17, 15) is 14.4 Å². The summed E-state index contributed by atoms with van der Waals surface area (Å²) in [5.41, 5.74) is 1.84. The van der Waals surface area contributed by atoms with Crippen molar-refractivity contribution in [2.75, 3.05) is 37.6 Å². The van der Waals surface area contributed by atoms with E-state index in [0.717, 1.165) is 11.3 Å². The first-order valence-electron chi connectivity index (χ1n) is 10.1. The summed E-state index contributed by atoms with van der Waals surface area (Å²) in [6.07, 6.45) is 0.638. The Kier molecular flexibility index (Phi) is 5.60. The molecule has 150 valence electrons. The van der Waals surface area contributed by atoms with E-state index in [1.165, 1.54) is 0 Å². The van der Waals surface area contributed by atoms with Gasteiger partial charge in [0.1, 0.15) is 0 Å². The number of carbonyl (C=O) groups is 3.